The number of hydrogen-bond donors (Lipinski definition) is 1. The van der Waals surface area contributed by atoms with E-state index in [9.17, 15) is 22.4 Å². The molecule has 3 aromatic heterocycles. The Morgan fingerprint density at radius 2 is 1.79 bits per heavy atom. The van der Waals surface area contributed by atoms with Crippen molar-refractivity contribution in [2.24, 2.45) is 0 Å². The Morgan fingerprint density at radius 1 is 1.05 bits per heavy atom. The number of amides is 1. The molecule has 0 unspecified atom stereocenters. The van der Waals surface area contributed by atoms with Gasteiger partial charge < -0.3 is 10.1 Å². The summed E-state index contributed by atoms with van der Waals surface area (Å²) in [5.41, 5.74) is -1.09. The van der Waals surface area contributed by atoms with Crippen LogP contribution in [0.25, 0.3) is 16.9 Å². The summed E-state index contributed by atoms with van der Waals surface area (Å²) >= 11 is 12.2. The molecule has 39 heavy (non-hydrogen) atoms. The Bertz CT molecular complexity index is 1680. The molecule has 0 aliphatic carbocycles. The van der Waals surface area contributed by atoms with Crippen LogP contribution in [0.1, 0.15) is 21.7 Å². The van der Waals surface area contributed by atoms with Crippen molar-refractivity contribution in [1.82, 2.24) is 24.4 Å². The lowest BCUT2D eigenvalue weighted by atomic mass is 10.1. The van der Waals surface area contributed by atoms with Gasteiger partial charge in [0, 0.05) is 28.4 Å². The van der Waals surface area contributed by atoms with Crippen molar-refractivity contribution in [2.75, 3.05) is 12.4 Å². The number of rotatable bonds is 6. The first-order chi connectivity index (χ1) is 18.5. The standard InChI is InChI=1S/C25H16Cl2F4N6O2/c1-39-14-7-5-13(6-8-14)19-9-21(25(29,30)31)37-22(32-19)10-20(34-37)24(38)33-23-17(27)12-36(35-23)11-15-16(26)3-2-4-18(15)28/h2-10,12H,11H2,1H3,(H,33,35,38). The van der Waals surface area contributed by atoms with E-state index in [1.807, 2.05) is 0 Å². The first kappa shape index (κ1) is 26.4. The minimum absolute atomic E-state index is 0.00970. The maximum Gasteiger partial charge on any atom is 0.433 e. The topological polar surface area (TPSA) is 86.3 Å². The summed E-state index contributed by atoms with van der Waals surface area (Å²) in [6.07, 6.45) is -3.45. The Hall–Kier alpha value is -4.16. The van der Waals surface area contributed by atoms with E-state index in [4.69, 9.17) is 27.9 Å². The number of carbonyl (C=O) groups is 1. The minimum Gasteiger partial charge on any atom is -0.497 e. The quantitative estimate of drug-likeness (QED) is 0.237. The molecule has 14 heteroatoms. The molecule has 0 aliphatic heterocycles. The number of benzene rings is 2. The lowest BCUT2D eigenvalue weighted by Crippen LogP contribution is -2.16. The van der Waals surface area contributed by atoms with E-state index in [0.29, 0.717) is 15.8 Å². The Balaban J connectivity index is 1.45. The average molecular weight is 579 g/mol. The van der Waals surface area contributed by atoms with Gasteiger partial charge in [0.25, 0.3) is 5.91 Å². The molecule has 1 N–H and O–H groups in total. The normalized spacial score (nSPS) is 11.7. The fourth-order valence-corrected chi connectivity index (χ4v) is 4.20. The van der Waals surface area contributed by atoms with Crippen molar-refractivity contribution in [1.29, 1.82) is 0 Å². The summed E-state index contributed by atoms with van der Waals surface area (Å²) in [4.78, 5) is 17.2. The fourth-order valence-electron chi connectivity index (χ4n) is 3.78. The zero-order chi connectivity index (χ0) is 27.9. The highest BCUT2D eigenvalue weighted by Crippen LogP contribution is 2.33. The predicted octanol–water partition coefficient (Wildman–Crippen LogP) is 6.37. The van der Waals surface area contributed by atoms with Crippen LogP contribution in [0.3, 0.4) is 0 Å². The largest absolute Gasteiger partial charge is 0.497 e. The van der Waals surface area contributed by atoms with E-state index in [1.54, 1.807) is 24.3 Å². The van der Waals surface area contributed by atoms with Crippen molar-refractivity contribution in [3.05, 3.63) is 93.6 Å². The van der Waals surface area contributed by atoms with Gasteiger partial charge in [0.05, 0.1) is 19.3 Å². The number of nitrogens with zero attached hydrogens (tertiary/aromatic N) is 5. The van der Waals surface area contributed by atoms with Crippen molar-refractivity contribution in [3.63, 3.8) is 0 Å². The first-order valence-electron chi connectivity index (χ1n) is 11.1. The van der Waals surface area contributed by atoms with E-state index >= 15 is 0 Å². The molecule has 1 amide bonds. The van der Waals surface area contributed by atoms with Crippen LogP contribution in [-0.4, -0.2) is 37.4 Å². The molecule has 0 bridgehead atoms. The van der Waals surface area contributed by atoms with Crippen molar-refractivity contribution >= 4 is 40.6 Å². The molecule has 0 spiro atoms. The number of alkyl halides is 3. The molecule has 0 radical (unpaired) electrons. The molecule has 5 rings (SSSR count). The zero-order valence-corrected chi connectivity index (χ0v) is 21.3. The summed E-state index contributed by atoms with van der Waals surface area (Å²) in [5, 5.41) is 10.5. The van der Waals surface area contributed by atoms with Gasteiger partial charge in [0.2, 0.25) is 0 Å². The second kappa shape index (κ2) is 10.2. The molecule has 2 aromatic carbocycles. The van der Waals surface area contributed by atoms with E-state index in [1.165, 1.54) is 36.2 Å². The van der Waals surface area contributed by atoms with Crippen molar-refractivity contribution in [2.45, 2.75) is 12.7 Å². The van der Waals surface area contributed by atoms with Crippen LogP contribution in [0.4, 0.5) is 23.4 Å². The van der Waals surface area contributed by atoms with Gasteiger partial charge in [-0.2, -0.15) is 23.4 Å². The maximum absolute atomic E-state index is 14.1. The second-order valence-corrected chi connectivity index (χ2v) is 9.04. The van der Waals surface area contributed by atoms with Crippen LogP contribution in [0.15, 0.2) is 60.8 Å². The van der Waals surface area contributed by atoms with Gasteiger partial charge in [-0.15, -0.1) is 0 Å². The average Bonchev–Trinajstić information content (AvgIpc) is 3.48. The fraction of sp³-hybridized carbons (Fsp3) is 0.120. The minimum atomic E-state index is -4.79. The maximum atomic E-state index is 14.1. The molecule has 0 saturated carbocycles. The molecule has 3 heterocycles. The highest BCUT2D eigenvalue weighted by Gasteiger charge is 2.35. The summed E-state index contributed by atoms with van der Waals surface area (Å²) in [7, 11) is 1.47. The first-order valence-corrected chi connectivity index (χ1v) is 11.9. The summed E-state index contributed by atoms with van der Waals surface area (Å²) in [5.74, 6) is -1.01. The lowest BCUT2D eigenvalue weighted by molar-refractivity contribution is -0.142. The number of anilines is 1. The smallest absolute Gasteiger partial charge is 0.433 e. The molecule has 0 aliphatic rings. The molecular weight excluding hydrogens is 563 g/mol. The van der Waals surface area contributed by atoms with Crippen LogP contribution >= 0.6 is 23.2 Å². The highest BCUT2D eigenvalue weighted by atomic mass is 35.5. The molecule has 0 fully saturated rings. The summed E-state index contributed by atoms with van der Waals surface area (Å²) in [6.45, 7) is -0.0809. The van der Waals surface area contributed by atoms with Gasteiger partial charge >= 0.3 is 6.18 Å². The summed E-state index contributed by atoms with van der Waals surface area (Å²) < 4.78 is 62.7. The molecule has 0 atom stereocenters. The van der Waals surface area contributed by atoms with Gasteiger partial charge in [-0.25, -0.2) is 13.9 Å². The van der Waals surface area contributed by atoms with E-state index < -0.39 is 23.6 Å². The second-order valence-electron chi connectivity index (χ2n) is 8.23. The number of hydrogen-bond acceptors (Lipinski definition) is 5. The van der Waals surface area contributed by atoms with Gasteiger partial charge in [-0.1, -0.05) is 29.3 Å². The molecule has 8 nitrogen and oxygen atoms in total. The Labute approximate surface area is 227 Å². The van der Waals surface area contributed by atoms with E-state index in [-0.39, 0.29) is 45.0 Å². The monoisotopic (exact) mass is 578 g/mol. The van der Waals surface area contributed by atoms with Crippen LogP contribution in [-0.2, 0) is 12.7 Å². The van der Waals surface area contributed by atoms with Gasteiger partial charge in [-0.05, 0) is 42.5 Å². The SMILES string of the molecule is COc1ccc(-c2cc(C(F)(F)F)n3nc(C(=O)Nc4nn(Cc5c(F)cccc5Cl)cc4Cl)cc3n2)cc1. The third-order valence-corrected chi connectivity index (χ3v) is 6.30. The van der Waals surface area contributed by atoms with Crippen LogP contribution < -0.4 is 10.1 Å². The van der Waals surface area contributed by atoms with Gasteiger partial charge in [-0.3, -0.25) is 9.48 Å². The van der Waals surface area contributed by atoms with E-state index in [2.05, 4.69) is 20.5 Å². The van der Waals surface area contributed by atoms with Gasteiger partial charge in [0.1, 0.15) is 16.6 Å². The third-order valence-electron chi connectivity index (χ3n) is 5.67. The van der Waals surface area contributed by atoms with Crippen molar-refractivity contribution in [3.8, 4) is 17.0 Å². The number of carbonyl (C=O) groups excluding carboxylic acids is 1. The zero-order valence-electron chi connectivity index (χ0n) is 19.8. The predicted molar refractivity (Wildman–Crippen MR) is 136 cm³/mol. The molecule has 5 aromatic rings. The number of fused-ring (bicyclic) bond motifs is 1. The van der Waals surface area contributed by atoms with E-state index in [0.717, 1.165) is 12.1 Å². The number of ether oxygens (including phenoxy) is 1. The number of nitrogens with one attached hydrogen (secondary N) is 1. The number of aromatic nitrogens is 5. The third kappa shape index (κ3) is 5.38. The Kier molecular flexibility index (Phi) is 6.91. The molecular formula is C25H16Cl2F4N6O2. The van der Waals surface area contributed by atoms with Crippen LogP contribution in [0, 0.1) is 5.82 Å². The van der Waals surface area contributed by atoms with Crippen molar-refractivity contribution < 1.29 is 27.1 Å². The number of halogens is 6. The van der Waals surface area contributed by atoms with Crippen LogP contribution in [0.5, 0.6) is 5.75 Å². The molecule has 200 valence electrons. The van der Waals surface area contributed by atoms with Crippen LogP contribution in [0.2, 0.25) is 10.0 Å². The Morgan fingerprint density at radius 3 is 2.46 bits per heavy atom. The molecule has 0 saturated heterocycles. The van der Waals surface area contributed by atoms with Gasteiger partial charge in [0.15, 0.2) is 22.9 Å². The lowest BCUT2D eigenvalue weighted by Gasteiger charge is -2.11. The summed E-state index contributed by atoms with van der Waals surface area (Å²) in [6, 6.07) is 12.5. The number of methoxy groups -OCH3 is 1. The highest BCUT2D eigenvalue weighted by molar-refractivity contribution is 6.33.